The third-order valence-corrected chi connectivity index (χ3v) is 9.61. The zero-order chi connectivity index (χ0) is 27.9. The third kappa shape index (κ3) is 6.71. The lowest BCUT2D eigenvalue weighted by Gasteiger charge is -2.14. The quantitative estimate of drug-likeness (QED) is 0.0672. The molecule has 0 saturated carbocycles. The predicted molar refractivity (Wildman–Crippen MR) is 182 cm³/mol. The number of hydrogen-bond donors (Lipinski definition) is 0. The van der Waals surface area contributed by atoms with E-state index in [2.05, 4.69) is 94.2 Å². The van der Waals surface area contributed by atoms with Crippen molar-refractivity contribution in [2.24, 2.45) is 0 Å². The molecule has 0 bridgehead atoms. The first-order valence-electron chi connectivity index (χ1n) is 15.5. The minimum absolute atomic E-state index is 0.909. The van der Waals surface area contributed by atoms with Crippen LogP contribution in [0.5, 0.6) is 0 Å². The van der Waals surface area contributed by atoms with Crippen LogP contribution in [0, 0.1) is 0 Å². The summed E-state index contributed by atoms with van der Waals surface area (Å²) in [4.78, 5) is 10.6. The summed E-state index contributed by atoms with van der Waals surface area (Å²) >= 11 is 7.49. The summed E-state index contributed by atoms with van der Waals surface area (Å²) in [6.45, 7) is 4.56. The maximum absolute atomic E-state index is 5.28. The van der Waals surface area contributed by atoms with Gasteiger partial charge in [0.25, 0.3) is 0 Å². The number of nitrogens with zero attached hydrogens (tertiary/aromatic N) is 2. The Morgan fingerprint density at radius 1 is 0.450 bits per heavy atom. The smallest absolute Gasteiger partial charge is 0.105 e. The summed E-state index contributed by atoms with van der Waals surface area (Å²) in [6.07, 6.45) is 18.1. The van der Waals surface area contributed by atoms with Gasteiger partial charge in [0.1, 0.15) is 11.0 Å². The van der Waals surface area contributed by atoms with Crippen molar-refractivity contribution in [2.75, 3.05) is 0 Å². The van der Waals surface area contributed by atoms with E-state index in [9.17, 15) is 0 Å². The molecule has 0 aliphatic carbocycles. The van der Waals surface area contributed by atoms with Crippen LogP contribution in [-0.2, 0) is 12.8 Å². The standard InChI is InChI=1S/C36H42Br2N2/c1-3-5-7-9-11-13-15-25-17-19-27-28-20-18-26(16-14-12-10-8-6-4-2)24-30(28)34-33(29(27)23-25)39-35-31(37)21-22-32(38)36(35)40-34/h17-24H,3-16H2,1-2H3. The molecule has 0 unspecified atom stereocenters. The maximum Gasteiger partial charge on any atom is 0.105 e. The molecule has 1 heterocycles. The van der Waals surface area contributed by atoms with Crippen LogP contribution in [0.25, 0.3) is 43.6 Å². The number of rotatable bonds is 14. The van der Waals surface area contributed by atoms with Crippen molar-refractivity contribution >= 4 is 75.5 Å². The highest BCUT2D eigenvalue weighted by Crippen LogP contribution is 2.38. The molecule has 0 atom stereocenters. The number of halogens is 2. The Hall–Kier alpha value is -2.04. The topological polar surface area (TPSA) is 25.8 Å². The van der Waals surface area contributed by atoms with Crippen LogP contribution < -0.4 is 0 Å². The first-order valence-corrected chi connectivity index (χ1v) is 17.1. The van der Waals surface area contributed by atoms with E-state index in [1.54, 1.807) is 0 Å². The molecule has 0 aliphatic heterocycles. The number of aryl methyl sites for hydroxylation is 2. The molecule has 4 aromatic carbocycles. The Labute approximate surface area is 256 Å². The molecule has 0 saturated heterocycles. The first kappa shape index (κ1) is 29.5. The Bertz CT molecular complexity index is 1490. The van der Waals surface area contributed by atoms with Crippen LogP contribution in [0.15, 0.2) is 57.5 Å². The fourth-order valence-corrected chi connectivity index (χ4v) is 6.84. The Morgan fingerprint density at radius 3 is 1.27 bits per heavy atom. The predicted octanol–water partition coefficient (Wildman–Crippen LogP) is 12.4. The molecule has 210 valence electrons. The first-order chi connectivity index (χ1) is 19.6. The van der Waals surface area contributed by atoms with Crippen molar-refractivity contribution in [3.05, 3.63) is 68.6 Å². The molecule has 0 amide bonds. The molecule has 0 aliphatic rings. The summed E-state index contributed by atoms with van der Waals surface area (Å²) < 4.78 is 1.96. The van der Waals surface area contributed by atoms with Gasteiger partial charge in [-0.15, -0.1) is 0 Å². The molecule has 0 N–H and O–H groups in total. The Kier molecular flexibility index (Phi) is 10.5. The van der Waals surface area contributed by atoms with Crippen molar-refractivity contribution in [3.63, 3.8) is 0 Å². The lowest BCUT2D eigenvalue weighted by atomic mass is 9.94. The van der Waals surface area contributed by atoms with Gasteiger partial charge in [0.2, 0.25) is 0 Å². The van der Waals surface area contributed by atoms with Gasteiger partial charge in [-0.25, -0.2) is 9.97 Å². The summed E-state index contributed by atoms with van der Waals surface area (Å²) in [5, 5.41) is 4.99. The molecule has 2 nitrogen and oxygen atoms in total. The summed E-state index contributed by atoms with van der Waals surface area (Å²) in [6, 6.07) is 18.2. The molecule has 4 heteroatoms. The van der Waals surface area contributed by atoms with Gasteiger partial charge in [-0.2, -0.15) is 0 Å². The Balaban J connectivity index is 1.56. The van der Waals surface area contributed by atoms with Crippen LogP contribution in [0.4, 0.5) is 0 Å². The molecule has 0 radical (unpaired) electrons. The average molecular weight is 663 g/mol. The second kappa shape index (κ2) is 14.2. The van der Waals surface area contributed by atoms with E-state index in [0.717, 1.165) is 43.9 Å². The van der Waals surface area contributed by atoms with Gasteiger partial charge < -0.3 is 0 Å². The number of unbranched alkanes of at least 4 members (excludes halogenated alkanes) is 10. The van der Waals surface area contributed by atoms with E-state index in [0.29, 0.717) is 0 Å². The molecule has 40 heavy (non-hydrogen) atoms. The van der Waals surface area contributed by atoms with Gasteiger partial charge in [0, 0.05) is 19.7 Å². The molecule has 1 aromatic heterocycles. The summed E-state index contributed by atoms with van der Waals surface area (Å²) in [5.74, 6) is 0. The highest BCUT2D eigenvalue weighted by Gasteiger charge is 2.16. The molecule has 0 spiro atoms. The second-order valence-electron chi connectivity index (χ2n) is 11.4. The van der Waals surface area contributed by atoms with Crippen LogP contribution in [-0.4, -0.2) is 9.97 Å². The van der Waals surface area contributed by atoms with Crippen LogP contribution in [0.3, 0.4) is 0 Å². The van der Waals surface area contributed by atoms with E-state index in [-0.39, 0.29) is 0 Å². The minimum atomic E-state index is 0.909. The van der Waals surface area contributed by atoms with E-state index in [4.69, 9.17) is 9.97 Å². The average Bonchev–Trinajstić information content (AvgIpc) is 2.98. The van der Waals surface area contributed by atoms with E-state index in [1.165, 1.54) is 110 Å². The number of aromatic nitrogens is 2. The zero-order valence-corrected chi connectivity index (χ0v) is 27.3. The van der Waals surface area contributed by atoms with Crippen molar-refractivity contribution in [1.29, 1.82) is 0 Å². The summed E-state index contributed by atoms with van der Waals surface area (Å²) in [5.41, 5.74) is 6.64. The van der Waals surface area contributed by atoms with Crippen molar-refractivity contribution < 1.29 is 0 Å². The maximum atomic E-state index is 5.28. The highest BCUT2D eigenvalue weighted by molar-refractivity contribution is 9.11. The lowest BCUT2D eigenvalue weighted by molar-refractivity contribution is 0.607. The normalized spacial score (nSPS) is 11.9. The van der Waals surface area contributed by atoms with E-state index in [1.807, 2.05) is 0 Å². The van der Waals surface area contributed by atoms with Gasteiger partial charge in [-0.3, -0.25) is 0 Å². The molecule has 5 aromatic rings. The monoisotopic (exact) mass is 660 g/mol. The largest absolute Gasteiger partial charge is 0.243 e. The third-order valence-electron chi connectivity index (χ3n) is 8.33. The van der Waals surface area contributed by atoms with Gasteiger partial charge in [-0.05, 0) is 104 Å². The number of hydrogen-bond acceptors (Lipinski definition) is 2. The molecule has 0 fully saturated rings. The van der Waals surface area contributed by atoms with Crippen LogP contribution >= 0.6 is 31.9 Å². The van der Waals surface area contributed by atoms with Gasteiger partial charge in [0.05, 0.1) is 11.0 Å². The zero-order valence-electron chi connectivity index (χ0n) is 24.2. The van der Waals surface area contributed by atoms with Crippen molar-refractivity contribution in [1.82, 2.24) is 9.97 Å². The molecular weight excluding hydrogens is 620 g/mol. The minimum Gasteiger partial charge on any atom is -0.243 e. The van der Waals surface area contributed by atoms with E-state index < -0.39 is 0 Å². The second-order valence-corrected chi connectivity index (χ2v) is 13.2. The van der Waals surface area contributed by atoms with Crippen LogP contribution in [0.1, 0.15) is 102 Å². The van der Waals surface area contributed by atoms with E-state index >= 15 is 0 Å². The fourth-order valence-electron chi connectivity index (χ4n) is 6.02. The van der Waals surface area contributed by atoms with Gasteiger partial charge in [-0.1, -0.05) is 102 Å². The van der Waals surface area contributed by atoms with Gasteiger partial charge >= 0.3 is 0 Å². The SMILES string of the molecule is CCCCCCCCc1ccc2c3ccc(CCCCCCCC)cc3c3nc4c(Br)ccc(Br)c4nc3c2c1. The van der Waals surface area contributed by atoms with Crippen molar-refractivity contribution in [2.45, 2.75) is 104 Å². The van der Waals surface area contributed by atoms with Crippen molar-refractivity contribution in [3.8, 4) is 0 Å². The Morgan fingerprint density at radius 2 is 0.850 bits per heavy atom. The fraction of sp³-hybridized carbons (Fsp3) is 0.444. The molecule has 5 rings (SSSR count). The molecular formula is C36H42Br2N2. The lowest BCUT2D eigenvalue weighted by Crippen LogP contribution is -1.95. The highest BCUT2D eigenvalue weighted by atomic mass is 79.9. The van der Waals surface area contributed by atoms with Crippen LogP contribution in [0.2, 0.25) is 0 Å². The van der Waals surface area contributed by atoms with Gasteiger partial charge in [0.15, 0.2) is 0 Å². The number of benzene rings is 4. The summed E-state index contributed by atoms with van der Waals surface area (Å²) in [7, 11) is 0. The number of fused-ring (bicyclic) bond motifs is 7.